The molecule has 0 bridgehead atoms. The van der Waals surface area contributed by atoms with Gasteiger partial charge in [-0.1, -0.05) is 11.3 Å². The van der Waals surface area contributed by atoms with Crippen LogP contribution in [0, 0.1) is 0 Å². The Kier molecular flexibility index (Phi) is 3.53. The maximum absolute atomic E-state index is 10.9. The zero-order valence-corrected chi connectivity index (χ0v) is 13.0. The minimum Gasteiger partial charge on any atom is -0.476 e. The Balaban J connectivity index is 1.68. The van der Waals surface area contributed by atoms with E-state index in [9.17, 15) is 9.90 Å². The van der Waals surface area contributed by atoms with Crippen LogP contribution in [-0.2, 0) is 13.0 Å². The van der Waals surface area contributed by atoms with Gasteiger partial charge >= 0.3 is 5.97 Å². The molecule has 0 saturated heterocycles. The van der Waals surface area contributed by atoms with Gasteiger partial charge in [-0.15, -0.1) is 5.10 Å². The van der Waals surface area contributed by atoms with Crippen LogP contribution >= 0.6 is 0 Å². The lowest BCUT2D eigenvalue weighted by molar-refractivity contribution is 0.0690. The number of aromatic carboxylic acids is 1. The highest BCUT2D eigenvalue weighted by molar-refractivity contribution is 5.84. The number of aromatic nitrogens is 5. The van der Waals surface area contributed by atoms with Crippen LogP contribution in [0.25, 0.3) is 5.65 Å². The standard InChI is InChI=1S/C16H17N5O3/c22-4-3-11-5-12(10-1-2-10)6-20-7-13(17-15(11)20)8-21-9-14(16(23)24)18-19-21/h5-7,9-10,22H,1-4,8H2,(H,23,24). The Hall–Kier alpha value is -2.74. The second-order valence-corrected chi connectivity index (χ2v) is 6.12. The van der Waals surface area contributed by atoms with Crippen molar-refractivity contribution < 1.29 is 15.0 Å². The summed E-state index contributed by atoms with van der Waals surface area (Å²) in [5.41, 5.74) is 3.81. The van der Waals surface area contributed by atoms with Crippen LogP contribution in [0.15, 0.2) is 24.7 Å². The highest BCUT2D eigenvalue weighted by Crippen LogP contribution is 2.40. The van der Waals surface area contributed by atoms with Crippen molar-refractivity contribution in [2.75, 3.05) is 6.61 Å². The van der Waals surface area contributed by atoms with Crippen LogP contribution in [0.5, 0.6) is 0 Å². The number of rotatable bonds is 6. The number of pyridine rings is 1. The van der Waals surface area contributed by atoms with Gasteiger partial charge in [-0.2, -0.15) is 0 Å². The van der Waals surface area contributed by atoms with Gasteiger partial charge in [-0.05, 0) is 36.3 Å². The molecule has 3 aromatic rings. The number of imidazole rings is 1. The molecule has 3 heterocycles. The van der Waals surface area contributed by atoms with Gasteiger partial charge in [0.25, 0.3) is 0 Å². The molecule has 1 aliphatic carbocycles. The van der Waals surface area contributed by atoms with E-state index in [2.05, 4.69) is 27.6 Å². The lowest BCUT2D eigenvalue weighted by Crippen LogP contribution is -2.01. The zero-order valence-electron chi connectivity index (χ0n) is 13.0. The normalized spacial score (nSPS) is 14.4. The van der Waals surface area contributed by atoms with E-state index in [-0.39, 0.29) is 12.3 Å². The summed E-state index contributed by atoms with van der Waals surface area (Å²) >= 11 is 0. The lowest BCUT2D eigenvalue weighted by Gasteiger charge is -2.06. The number of carbonyl (C=O) groups is 1. The van der Waals surface area contributed by atoms with E-state index in [1.807, 2.05) is 10.6 Å². The molecule has 0 spiro atoms. The molecule has 0 radical (unpaired) electrons. The van der Waals surface area contributed by atoms with Crippen molar-refractivity contribution in [1.82, 2.24) is 24.4 Å². The number of aliphatic hydroxyl groups excluding tert-OH is 1. The van der Waals surface area contributed by atoms with Crippen molar-refractivity contribution in [3.8, 4) is 0 Å². The number of hydrogen-bond donors (Lipinski definition) is 2. The molecule has 0 unspecified atom stereocenters. The maximum atomic E-state index is 10.9. The van der Waals surface area contributed by atoms with E-state index in [0.717, 1.165) is 16.9 Å². The largest absolute Gasteiger partial charge is 0.476 e. The number of hydrogen-bond acceptors (Lipinski definition) is 5. The van der Waals surface area contributed by atoms with Crippen LogP contribution in [0.2, 0.25) is 0 Å². The van der Waals surface area contributed by atoms with Gasteiger partial charge in [0, 0.05) is 19.0 Å². The van der Waals surface area contributed by atoms with Crippen LogP contribution < -0.4 is 0 Å². The van der Waals surface area contributed by atoms with E-state index in [0.29, 0.717) is 18.9 Å². The van der Waals surface area contributed by atoms with Crippen molar-refractivity contribution in [3.63, 3.8) is 0 Å². The molecule has 1 saturated carbocycles. The van der Waals surface area contributed by atoms with Crippen molar-refractivity contribution in [2.24, 2.45) is 0 Å². The third-order valence-electron chi connectivity index (χ3n) is 4.21. The van der Waals surface area contributed by atoms with Crippen LogP contribution in [0.1, 0.15) is 46.1 Å². The fraction of sp³-hybridized carbons (Fsp3) is 0.375. The summed E-state index contributed by atoms with van der Waals surface area (Å²) in [5.74, 6) is -0.485. The second kappa shape index (κ2) is 5.72. The molecular weight excluding hydrogens is 310 g/mol. The summed E-state index contributed by atoms with van der Waals surface area (Å²) in [6.07, 6.45) is 8.38. The molecule has 4 rings (SSSR count). The van der Waals surface area contributed by atoms with Crippen LogP contribution in [0.4, 0.5) is 0 Å². The van der Waals surface area contributed by atoms with Gasteiger partial charge in [-0.3, -0.25) is 0 Å². The first-order valence-electron chi connectivity index (χ1n) is 7.88. The lowest BCUT2D eigenvalue weighted by atomic mass is 10.1. The van der Waals surface area contributed by atoms with Crippen LogP contribution in [0.3, 0.4) is 0 Å². The predicted octanol–water partition coefficient (Wildman–Crippen LogP) is 1.08. The van der Waals surface area contributed by atoms with E-state index >= 15 is 0 Å². The van der Waals surface area contributed by atoms with Crippen molar-refractivity contribution in [2.45, 2.75) is 31.7 Å². The van der Waals surface area contributed by atoms with E-state index < -0.39 is 5.97 Å². The molecule has 0 amide bonds. The molecule has 8 heteroatoms. The van der Waals surface area contributed by atoms with Gasteiger partial charge in [0.15, 0.2) is 5.69 Å². The first kappa shape index (κ1) is 14.8. The monoisotopic (exact) mass is 327 g/mol. The zero-order chi connectivity index (χ0) is 16.7. The molecule has 3 aromatic heterocycles. The molecule has 124 valence electrons. The van der Waals surface area contributed by atoms with E-state index in [1.165, 1.54) is 29.3 Å². The maximum Gasteiger partial charge on any atom is 0.358 e. The Labute approximate surface area is 137 Å². The molecule has 1 fully saturated rings. The van der Waals surface area contributed by atoms with Gasteiger partial charge in [0.1, 0.15) is 5.65 Å². The van der Waals surface area contributed by atoms with Gasteiger partial charge in [0.05, 0.1) is 18.4 Å². The second-order valence-electron chi connectivity index (χ2n) is 6.12. The summed E-state index contributed by atoms with van der Waals surface area (Å²) in [4.78, 5) is 15.5. The van der Waals surface area contributed by atoms with E-state index in [4.69, 9.17) is 5.11 Å². The first-order chi connectivity index (χ1) is 11.6. The minimum atomic E-state index is -1.10. The average molecular weight is 327 g/mol. The Morgan fingerprint density at radius 2 is 2.12 bits per heavy atom. The number of carboxylic acid groups (broad SMARTS) is 1. The summed E-state index contributed by atoms with van der Waals surface area (Å²) in [5, 5.41) is 25.6. The van der Waals surface area contributed by atoms with Crippen molar-refractivity contribution in [3.05, 3.63) is 47.2 Å². The fourth-order valence-electron chi connectivity index (χ4n) is 2.90. The third-order valence-corrected chi connectivity index (χ3v) is 4.21. The summed E-state index contributed by atoms with van der Waals surface area (Å²) < 4.78 is 3.45. The molecule has 0 atom stereocenters. The Bertz CT molecular complexity index is 910. The number of aliphatic hydroxyl groups is 1. The number of fused-ring (bicyclic) bond motifs is 1. The highest BCUT2D eigenvalue weighted by Gasteiger charge is 2.25. The van der Waals surface area contributed by atoms with Crippen molar-refractivity contribution >= 4 is 11.6 Å². The first-order valence-corrected chi connectivity index (χ1v) is 7.88. The van der Waals surface area contributed by atoms with Gasteiger partial charge in [0.2, 0.25) is 0 Å². The predicted molar refractivity (Wildman–Crippen MR) is 84.0 cm³/mol. The molecule has 1 aliphatic rings. The van der Waals surface area contributed by atoms with Gasteiger partial charge in [-0.25, -0.2) is 14.5 Å². The SMILES string of the molecule is O=C(O)c1cn(Cc2cn3cc(C4CC4)cc(CCO)c3n2)nn1. The smallest absolute Gasteiger partial charge is 0.358 e. The van der Waals surface area contributed by atoms with Gasteiger partial charge < -0.3 is 14.6 Å². The molecule has 0 aromatic carbocycles. The summed E-state index contributed by atoms with van der Waals surface area (Å²) in [7, 11) is 0. The highest BCUT2D eigenvalue weighted by atomic mass is 16.4. The number of nitrogens with zero attached hydrogens (tertiary/aromatic N) is 5. The fourth-order valence-corrected chi connectivity index (χ4v) is 2.90. The molecule has 24 heavy (non-hydrogen) atoms. The summed E-state index contributed by atoms with van der Waals surface area (Å²) in [6.45, 7) is 0.427. The molecule has 2 N–H and O–H groups in total. The Morgan fingerprint density at radius 1 is 1.29 bits per heavy atom. The van der Waals surface area contributed by atoms with Crippen molar-refractivity contribution in [1.29, 1.82) is 0 Å². The Morgan fingerprint density at radius 3 is 2.79 bits per heavy atom. The minimum absolute atomic E-state index is 0.0804. The van der Waals surface area contributed by atoms with Crippen LogP contribution in [-0.4, -0.2) is 47.2 Å². The van der Waals surface area contributed by atoms with E-state index in [1.54, 1.807) is 0 Å². The molecular formula is C16H17N5O3. The third kappa shape index (κ3) is 2.76. The molecule has 0 aliphatic heterocycles. The number of carboxylic acids is 1. The summed E-state index contributed by atoms with van der Waals surface area (Å²) in [6, 6.07) is 2.14. The quantitative estimate of drug-likeness (QED) is 0.702. The average Bonchev–Trinajstić information content (AvgIpc) is 3.15. The topological polar surface area (TPSA) is 106 Å². The molecule has 8 nitrogen and oxygen atoms in total.